The second-order valence-electron chi connectivity index (χ2n) is 8.32. The van der Waals surface area contributed by atoms with Gasteiger partial charge in [-0.3, -0.25) is 0 Å². The molecule has 2 N–H and O–H groups in total. The van der Waals surface area contributed by atoms with E-state index >= 15 is 0 Å². The standard InChI is InChI=1S/C20H38N2/c1-3-9-17(10-4-1)15-21-19-13-7-8-14-20(19)22-16-18-11-5-2-6-12-18/h17-22H,1-16H2/t19-,20-/m1/s1. The Morgan fingerprint density at radius 3 is 1.23 bits per heavy atom. The van der Waals surface area contributed by atoms with E-state index < -0.39 is 0 Å². The largest absolute Gasteiger partial charge is 0.312 e. The van der Waals surface area contributed by atoms with Gasteiger partial charge in [0.2, 0.25) is 0 Å². The van der Waals surface area contributed by atoms with E-state index in [-0.39, 0.29) is 0 Å². The average molecular weight is 307 g/mol. The summed E-state index contributed by atoms with van der Waals surface area (Å²) in [6.07, 6.45) is 20.4. The molecule has 3 rings (SSSR count). The van der Waals surface area contributed by atoms with Gasteiger partial charge in [-0.15, -0.1) is 0 Å². The molecule has 0 amide bonds. The molecule has 0 heterocycles. The van der Waals surface area contributed by atoms with Gasteiger partial charge < -0.3 is 10.6 Å². The third kappa shape index (κ3) is 5.23. The van der Waals surface area contributed by atoms with Crippen LogP contribution in [-0.2, 0) is 0 Å². The van der Waals surface area contributed by atoms with Crippen molar-refractivity contribution in [2.24, 2.45) is 11.8 Å². The summed E-state index contributed by atoms with van der Waals surface area (Å²) in [5, 5.41) is 7.93. The van der Waals surface area contributed by atoms with E-state index in [1.165, 1.54) is 103 Å². The lowest BCUT2D eigenvalue weighted by Crippen LogP contribution is -2.52. The lowest BCUT2D eigenvalue weighted by Gasteiger charge is -2.36. The summed E-state index contributed by atoms with van der Waals surface area (Å²) >= 11 is 0. The minimum absolute atomic E-state index is 0.749. The molecule has 2 heteroatoms. The molecule has 3 saturated carbocycles. The molecule has 128 valence electrons. The summed E-state index contributed by atoms with van der Waals surface area (Å²) in [7, 11) is 0. The summed E-state index contributed by atoms with van der Waals surface area (Å²) in [6.45, 7) is 2.57. The van der Waals surface area contributed by atoms with Gasteiger partial charge in [-0.25, -0.2) is 0 Å². The molecular weight excluding hydrogens is 268 g/mol. The predicted molar refractivity (Wildman–Crippen MR) is 95.2 cm³/mol. The van der Waals surface area contributed by atoms with Crippen molar-refractivity contribution < 1.29 is 0 Å². The third-order valence-corrected chi connectivity index (χ3v) is 6.55. The minimum atomic E-state index is 0.749. The Morgan fingerprint density at radius 1 is 0.455 bits per heavy atom. The molecule has 0 unspecified atom stereocenters. The van der Waals surface area contributed by atoms with Crippen LogP contribution in [0.5, 0.6) is 0 Å². The molecule has 0 radical (unpaired) electrons. The van der Waals surface area contributed by atoms with Gasteiger partial charge in [0.05, 0.1) is 0 Å². The first kappa shape index (κ1) is 16.8. The van der Waals surface area contributed by atoms with Gasteiger partial charge in [-0.05, 0) is 63.5 Å². The Bertz CT molecular complexity index is 262. The fourth-order valence-corrected chi connectivity index (χ4v) is 5.04. The Morgan fingerprint density at radius 2 is 0.818 bits per heavy atom. The Labute approximate surface area is 138 Å². The second-order valence-corrected chi connectivity index (χ2v) is 8.32. The highest BCUT2D eigenvalue weighted by molar-refractivity contribution is 4.88. The van der Waals surface area contributed by atoms with Crippen LogP contribution < -0.4 is 10.6 Å². The van der Waals surface area contributed by atoms with E-state index in [0.29, 0.717) is 0 Å². The first-order valence-corrected chi connectivity index (χ1v) is 10.4. The Hall–Kier alpha value is -0.0800. The van der Waals surface area contributed by atoms with Gasteiger partial charge in [0.1, 0.15) is 0 Å². The van der Waals surface area contributed by atoms with E-state index in [1.54, 1.807) is 0 Å². The Balaban J connectivity index is 1.39. The SMILES string of the molecule is C1CCC(CN[C@@H]2CCCC[C@H]2NCC2CCCCC2)CC1. The zero-order chi connectivity index (χ0) is 15.0. The summed E-state index contributed by atoms with van der Waals surface area (Å²) < 4.78 is 0. The molecule has 0 aromatic carbocycles. The van der Waals surface area contributed by atoms with Gasteiger partial charge >= 0.3 is 0 Å². The highest BCUT2D eigenvalue weighted by Gasteiger charge is 2.26. The third-order valence-electron chi connectivity index (χ3n) is 6.55. The smallest absolute Gasteiger partial charge is 0.0221 e. The predicted octanol–water partition coefficient (Wildman–Crippen LogP) is 4.64. The van der Waals surface area contributed by atoms with Gasteiger partial charge in [-0.1, -0.05) is 51.4 Å². The van der Waals surface area contributed by atoms with Crippen molar-refractivity contribution in [3.63, 3.8) is 0 Å². The number of nitrogens with one attached hydrogen (secondary N) is 2. The molecular formula is C20H38N2. The van der Waals surface area contributed by atoms with Crippen LogP contribution in [0, 0.1) is 11.8 Å². The van der Waals surface area contributed by atoms with Gasteiger partial charge in [-0.2, -0.15) is 0 Å². The lowest BCUT2D eigenvalue weighted by molar-refractivity contribution is 0.238. The quantitative estimate of drug-likeness (QED) is 0.747. The van der Waals surface area contributed by atoms with Crippen LogP contribution in [0.1, 0.15) is 89.9 Å². The maximum atomic E-state index is 3.97. The van der Waals surface area contributed by atoms with Crippen molar-refractivity contribution in [2.75, 3.05) is 13.1 Å². The monoisotopic (exact) mass is 306 g/mol. The van der Waals surface area contributed by atoms with Crippen LogP contribution in [-0.4, -0.2) is 25.2 Å². The molecule has 0 bridgehead atoms. The van der Waals surface area contributed by atoms with Crippen molar-refractivity contribution in [3.8, 4) is 0 Å². The fraction of sp³-hybridized carbons (Fsp3) is 1.00. The van der Waals surface area contributed by atoms with Crippen molar-refractivity contribution in [1.82, 2.24) is 10.6 Å². The molecule has 2 nitrogen and oxygen atoms in total. The molecule has 0 saturated heterocycles. The fourth-order valence-electron chi connectivity index (χ4n) is 5.04. The summed E-state index contributed by atoms with van der Waals surface area (Å²) in [6, 6.07) is 1.50. The molecule has 0 aliphatic heterocycles. The summed E-state index contributed by atoms with van der Waals surface area (Å²) in [4.78, 5) is 0. The van der Waals surface area contributed by atoms with Crippen molar-refractivity contribution in [2.45, 2.75) is 102 Å². The first-order valence-electron chi connectivity index (χ1n) is 10.4. The highest BCUT2D eigenvalue weighted by Crippen LogP contribution is 2.26. The lowest BCUT2D eigenvalue weighted by atomic mass is 9.86. The second kappa shape index (κ2) is 9.27. The zero-order valence-corrected chi connectivity index (χ0v) is 14.6. The van der Waals surface area contributed by atoms with Crippen molar-refractivity contribution >= 4 is 0 Å². The maximum absolute atomic E-state index is 3.97. The molecule has 3 aliphatic carbocycles. The van der Waals surface area contributed by atoms with E-state index in [2.05, 4.69) is 10.6 Å². The van der Waals surface area contributed by atoms with Crippen LogP contribution in [0.25, 0.3) is 0 Å². The summed E-state index contributed by atoms with van der Waals surface area (Å²) in [5.41, 5.74) is 0. The first-order chi connectivity index (χ1) is 10.9. The van der Waals surface area contributed by atoms with Crippen molar-refractivity contribution in [1.29, 1.82) is 0 Å². The molecule has 0 aromatic heterocycles. The Kier molecular flexibility index (Phi) is 7.07. The number of rotatable bonds is 6. The molecule has 2 atom stereocenters. The highest BCUT2D eigenvalue weighted by atomic mass is 15.0. The van der Waals surface area contributed by atoms with E-state index in [9.17, 15) is 0 Å². The maximum Gasteiger partial charge on any atom is 0.0221 e. The molecule has 3 fully saturated rings. The van der Waals surface area contributed by atoms with Crippen LogP contribution in [0.2, 0.25) is 0 Å². The van der Waals surface area contributed by atoms with Crippen LogP contribution in [0.4, 0.5) is 0 Å². The van der Waals surface area contributed by atoms with E-state index in [0.717, 1.165) is 23.9 Å². The number of hydrogen-bond donors (Lipinski definition) is 2. The molecule has 0 aromatic rings. The normalized spacial score (nSPS) is 32.2. The number of hydrogen-bond acceptors (Lipinski definition) is 2. The van der Waals surface area contributed by atoms with Crippen molar-refractivity contribution in [3.05, 3.63) is 0 Å². The van der Waals surface area contributed by atoms with Crippen LogP contribution in [0.3, 0.4) is 0 Å². The van der Waals surface area contributed by atoms with Crippen LogP contribution in [0.15, 0.2) is 0 Å². The van der Waals surface area contributed by atoms with E-state index in [1.807, 2.05) is 0 Å². The zero-order valence-electron chi connectivity index (χ0n) is 14.6. The molecule has 3 aliphatic rings. The summed E-state index contributed by atoms with van der Waals surface area (Å²) in [5.74, 6) is 1.93. The minimum Gasteiger partial charge on any atom is -0.312 e. The molecule has 22 heavy (non-hydrogen) atoms. The van der Waals surface area contributed by atoms with Gasteiger partial charge in [0.25, 0.3) is 0 Å². The average Bonchev–Trinajstić information content (AvgIpc) is 2.61. The molecule has 0 spiro atoms. The van der Waals surface area contributed by atoms with Gasteiger partial charge in [0.15, 0.2) is 0 Å². The van der Waals surface area contributed by atoms with E-state index in [4.69, 9.17) is 0 Å². The van der Waals surface area contributed by atoms with Gasteiger partial charge in [0, 0.05) is 12.1 Å². The van der Waals surface area contributed by atoms with Crippen LogP contribution >= 0.6 is 0 Å². The topological polar surface area (TPSA) is 24.1 Å².